The summed E-state index contributed by atoms with van der Waals surface area (Å²) in [6.45, 7) is 2.44. The number of anilines is 1. The highest BCUT2D eigenvalue weighted by Gasteiger charge is 2.27. The van der Waals surface area contributed by atoms with Crippen molar-refractivity contribution in [2.24, 2.45) is 0 Å². The molecule has 37 heavy (non-hydrogen) atoms. The molecule has 0 aliphatic carbocycles. The van der Waals surface area contributed by atoms with E-state index in [1.165, 1.54) is 29.7 Å². The smallest absolute Gasteiger partial charge is 0.255 e. The lowest BCUT2D eigenvalue weighted by Gasteiger charge is -2.25. The molecule has 4 rings (SSSR count). The molecule has 0 saturated carbocycles. The van der Waals surface area contributed by atoms with E-state index in [0.717, 1.165) is 31.2 Å². The minimum atomic E-state index is -3.61. The number of sulfonamides is 1. The van der Waals surface area contributed by atoms with Gasteiger partial charge in [0.15, 0.2) is 0 Å². The van der Waals surface area contributed by atoms with Crippen LogP contribution >= 0.6 is 0 Å². The van der Waals surface area contributed by atoms with E-state index in [-0.39, 0.29) is 5.91 Å². The molecule has 1 heterocycles. The van der Waals surface area contributed by atoms with Gasteiger partial charge in [0.05, 0.1) is 17.5 Å². The molecule has 1 N–H and O–H groups in total. The number of furan rings is 1. The molecule has 0 spiro atoms. The van der Waals surface area contributed by atoms with Crippen LogP contribution in [0.2, 0.25) is 0 Å². The molecular weight excluding hydrogens is 491 g/mol. The van der Waals surface area contributed by atoms with E-state index < -0.39 is 15.8 Å². The quantitative estimate of drug-likeness (QED) is 0.238. The maximum atomic E-state index is 13.6. The number of amides is 1. The zero-order valence-electron chi connectivity index (χ0n) is 21.3. The number of nitrogens with one attached hydrogen (secondary N) is 1. The first-order chi connectivity index (χ1) is 17.7. The summed E-state index contributed by atoms with van der Waals surface area (Å²) in [4.78, 5) is 13.0. The Hall–Kier alpha value is -3.65. The van der Waals surface area contributed by atoms with Crippen molar-refractivity contribution in [2.45, 2.75) is 32.6 Å². The van der Waals surface area contributed by atoms with Crippen LogP contribution < -0.4 is 9.62 Å². The number of carbonyl (C=O) groups is 1. The van der Waals surface area contributed by atoms with E-state index in [9.17, 15) is 17.6 Å². The largest absolute Gasteiger partial charge is 0.455 e. The Labute approximate surface area is 217 Å². The van der Waals surface area contributed by atoms with Gasteiger partial charge >= 0.3 is 0 Å². The predicted octanol–water partition coefficient (Wildman–Crippen LogP) is 6.61. The Kier molecular flexibility index (Phi) is 7.97. The van der Waals surface area contributed by atoms with Crippen LogP contribution in [-0.2, 0) is 10.0 Å². The zero-order chi connectivity index (χ0) is 26.6. The van der Waals surface area contributed by atoms with Crippen molar-refractivity contribution < 1.29 is 22.0 Å². The molecular formula is C29H31FN2O4S. The second-order valence-electron chi connectivity index (χ2n) is 9.02. The summed E-state index contributed by atoms with van der Waals surface area (Å²) in [5, 5.41) is 3.20. The van der Waals surface area contributed by atoms with E-state index in [0.29, 0.717) is 45.7 Å². The third-order valence-corrected chi connectivity index (χ3v) is 7.52. The average Bonchev–Trinajstić information content (AvgIpc) is 3.26. The maximum Gasteiger partial charge on any atom is 0.255 e. The van der Waals surface area contributed by atoms with E-state index in [1.54, 1.807) is 18.2 Å². The first kappa shape index (κ1) is 26.4. The summed E-state index contributed by atoms with van der Waals surface area (Å²) < 4.78 is 47.2. The van der Waals surface area contributed by atoms with Gasteiger partial charge in [0.1, 0.15) is 17.2 Å². The van der Waals surface area contributed by atoms with Gasteiger partial charge in [0, 0.05) is 36.2 Å². The highest BCUT2D eigenvalue weighted by Crippen LogP contribution is 2.41. The third kappa shape index (κ3) is 5.69. The van der Waals surface area contributed by atoms with Crippen LogP contribution in [0.5, 0.6) is 0 Å². The monoisotopic (exact) mass is 522 g/mol. The van der Waals surface area contributed by atoms with Crippen LogP contribution in [0.4, 0.5) is 10.1 Å². The van der Waals surface area contributed by atoms with Crippen LogP contribution in [-0.4, -0.2) is 34.2 Å². The number of unbranched alkanes of at least 4 members (excludes halogenated alkanes) is 3. The third-order valence-electron chi connectivity index (χ3n) is 6.34. The number of benzene rings is 3. The van der Waals surface area contributed by atoms with E-state index >= 15 is 0 Å². The van der Waals surface area contributed by atoms with Gasteiger partial charge in [-0.2, -0.15) is 0 Å². The van der Waals surface area contributed by atoms with Crippen LogP contribution in [0, 0.1) is 5.82 Å². The molecule has 6 nitrogen and oxygen atoms in total. The number of hydrogen-bond donors (Lipinski definition) is 1. The van der Waals surface area contributed by atoms with Gasteiger partial charge in [0.2, 0.25) is 10.0 Å². The summed E-state index contributed by atoms with van der Waals surface area (Å²) in [6, 6.07) is 18.7. The topological polar surface area (TPSA) is 79.6 Å². The number of carbonyl (C=O) groups excluding carboxylic acids is 1. The molecule has 0 fully saturated rings. The second-order valence-corrected chi connectivity index (χ2v) is 10.9. The lowest BCUT2D eigenvalue weighted by atomic mass is 9.98. The molecule has 8 heteroatoms. The predicted molar refractivity (Wildman–Crippen MR) is 147 cm³/mol. The highest BCUT2D eigenvalue weighted by atomic mass is 32.2. The summed E-state index contributed by atoms with van der Waals surface area (Å²) in [6.07, 6.45) is 4.91. The lowest BCUT2D eigenvalue weighted by Crippen LogP contribution is -2.31. The van der Waals surface area contributed by atoms with Gasteiger partial charge < -0.3 is 9.73 Å². The summed E-state index contributed by atoms with van der Waals surface area (Å²) in [5.74, 6) is -0.467. The Morgan fingerprint density at radius 1 is 0.973 bits per heavy atom. The molecule has 4 aromatic rings. The molecule has 1 aromatic heterocycles. The van der Waals surface area contributed by atoms with Crippen molar-refractivity contribution >= 4 is 32.6 Å². The summed E-state index contributed by atoms with van der Waals surface area (Å²) in [7, 11) is -2.08. The molecule has 194 valence electrons. The van der Waals surface area contributed by atoms with Gasteiger partial charge in [-0.1, -0.05) is 56.5 Å². The molecule has 0 aliphatic heterocycles. The molecule has 0 atom stereocenters. The van der Waals surface area contributed by atoms with Crippen molar-refractivity contribution in [1.82, 2.24) is 5.32 Å². The number of halogens is 1. The molecule has 0 aliphatic rings. The van der Waals surface area contributed by atoms with Gasteiger partial charge in [-0.3, -0.25) is 9.10 Å². The molecule has 1 amide bonds. The van der Waals surface area contributed by atoms with Crippen LogP contribution in [0.25, 0.3) is 33.4 Å². The molecule has 0 radical (unpaired) electrons. The fourth-order valence-electron chi connectivity index (χ4n) is 4.49. The van der Waals surface area contributed by atoms with Crippen LogP contribution in [0.3, 0.4) is 0 Å². The Balaban J connectivity index is 1.99. The van der Waals surface area contributed by atoms with Crippen molar-refractivity contribution in [3.05, 3.63) is 78.1 Å². The average molecular weight is 523 g/mol. The Morgan fingerprint density at radius 3 is 2.30 bits per heavy atom. The number of hydrogen-bond acceptors (Lipinski definition) is 4. The Morgan fingerprint density at radius 2 is 1.68 bits per heavy atom. The lowest BCUT2D eigenvalue weighted by molar-refractivity contribution is 0.0964. The maximum absolute atomic E-state index is 13.6. The fraction of sp³-hybridized carbons (Fsp3) is 0.276. The van der Waals surface area contributed by atoms with E-state index in [2.05, 4.69) is 12.2 Å². The highest BCUT2D eigenvalue weighted by molar-refractivity contribution is 7.92. The molecule has 0 bridgehead atoms. The van der Waals surface area contributed by atoms with Crippen LogP contribution in [0.15, 0.2) is 71.1 Å². The normalized spacial score (nSPS) is 11.6. The molecule has 3 aromatic carbocycles. The minimum Gasteiger partial charge on any atom is -0.455 e. The van der Waals surface area contributed by atoms with Crippen molar-refractivity contribution in [3.8, 4) is 22.5 Å². The first-order valence-corrected chi connectivity index (χ1v) is 14.2. The number of fused-ring (bicyclic) bond motifs is 1. The van der Waals surface area contributed by atoms with Gasteiger partial charge in [-0.25, -0.2) is 12.8 Å². The van der Waals surface area contributed by atoms with Crippen molar-refractivity contribution in [1.29, 1.82) is 0 Å². The number of rotatable bonds is 10. The van der Waals surface area contributed by atoms with Crippen molar-refractivity contribution in [2.75, 3.05) is 24.2 Å². The van der Waals surface area contributed by atoms with Gasteiger partial charge in [0.25, 0.3) is 5.91 Å². The van der Waals surface area contributed by atoms with Gasteiger partial charge in [-0.15, -0.1) is 0 Å². The molecule has 0 saturated heterocycles. The zero-order valence-corrected chi connectivity index (χ0v) is 22.1. The first-order valence-electron chi connectivity index (χ1n) is 12.4. The minimum absolute atomic E-state index is 0.291. The van der Waals surface area contributed by atoms with Crippen LogP contribution in [0.1, 0.15) is 43.0 Å². The van der Waals surface area contributed by atoms with E-state index in [1.807, 2.05) is 36.4 Å². The van der Waals surface area contributed by atoms with Gasteiger partial charge in [-0.05, 0) is 42.3 Å². The van der Waals surface area contributed by atoms with E-state index in [4.69, 9.17) is 4.42 Å². The number of nitrogens with zero attached hydrogens (tertiary/aromatic N) is 1. The second kappa shape index (κ2) is 11.2. The standard InChI is InChI=1S/C29H31FN2O4S/c1-4-5-6-10-17-32(37(3,34)35)25-19-26-24(18-23(25)20-11-8-7-9-12-20)27(29(33)31-2)28(36-26)21-13-15-22(30)16-14-21/h7-9,11-16,18-19H,4-6,10,17H2,1-3H3,(H,31,33). The summed E-state index contributed by atoms with van der Waals surface area (Å²) >= 11 is 0. The van der Waals surface area contributed by atoms with Crippen molar-refractivity contribution in [3.63, 3.8) is 0 Å². The molecule has 0 unspecified atom stereocenters. The SMILES string of the molecule is CCCCCCN(c1cc2oc(-c3ccc(F)cc3)c(C(=O)NC)c2cc1-c1ccccc1)S(C)(=O)=O. The fourth-order valence-corrected chi connectivity index (χ4v) is 5.46. The Bertz CT molecular complexity index is 1500. The summed E-state index contributed by atoms with van der Waals surface area (Å²) in [5.41, 5.74) is 3.19.